The summed E-state index contributed by atoms with van der Waals surface area (Å²) in [6, 6.07) is 78.5. The molecule has 0 atom stereocenters. The van der Waals surface area contributed by atoms with E-state index in [-0.39, 0.29) is 0 Å². The molecule has 9 heteroatoms. The van der Waals surface area contributed by atoms with E-state index in [4.69, 9.17) is 12.3 Å². The Kier molecular flexibility index (Phi) is 11.3. The maximum atomic E-state index is 13.5. The summed E-state index contributed by atoms with van der Waals surface area (Å²) < 4.78 is 23.8. The van der Waals surface area contributed by atoms with Crippen molar-refractivity contribution in [2.75, 3.05) is 0 Å². The zero-order chi connectivity index (χ0) is 39.0. The Balaban J connectivity index is 1.48. The molecule has 0 fully saturated rings. The highest BCUT2D eigenvalue weighted by Crippen LogP contribution is 2.25. The average Bonchev–Trinajstić information content (AvgIpc) is 3.30. The van der Waals surface area contributed by atoms with Crippen LogP contribution in [0.3, 0.4) is 0 Å². The predicted octanol–water partition coefficient (Wildman–Crippen LogP) is 4.05. The van der Waals surface area contributed by atoms with Crippen LogP contribution in [0, 0.1) is 0 Å². The van der Waals surface area contributed by atoms with Crippen molar-refractivity contribution in [3.8, 4) is 0 Å². The van der Waals surface area contributed by atoms with Crippen molar-refractivity contribution in [1.29, 1.82) is 0 Å². The highest BCUT2D eigenvalue weighted by atomic mass is 28.5. The Labute approximate surface area is 338 Å². The highest BCUT2D eigenvalue weighted by Gasteiger charge is 2.61. The van der Waals surface area contributed by atoms with Crippen LogP contribution in [0.25, 0.3) is 0 Å². The molecule has 0 aliphatic rings. The number of hydrogen-bond acceptors (Lipinski definition) is 5. The van der Waals surface area contributed by atoms with Gasteiger partial charge >= 0.3 is 34.2 Å². The van der Waals surface area contributed by atoms with Crippen molar-refractivity contribution in [3.63, 3.8) is 0 Å². The lowest BCUT2D eigenvalue weighted by atomic mass is 10.4. The smallest absolute Gasteiger partial charge is 0.396 e. The van der Waals surface area contributed by atoms with Crippen LogP contribution in [-0.2, 0) is 12.3 Å². The Hall–Kier alpha value is -5.57. The summed E-state index contributed by atoms with van der Waals surface area (Å²) in [4.78, 5) is 27.1. The van der Waals surface area contributed by atoms with Gasteiger partial charge in [-0.3, -0.25) is 0 Å². The summed E-state index contributed by atoms with van der Waals surface area (Å²) in [7, 11) is -16.7. The van der Waals surface area contributed by atoms with Gasteiger partial charge in [-0.25, -0.2) is 0 Å². The lowest BCUT2D eigenvalue weighted by Gasteiger charge is -2.46. The van der Waals surface area contributed by atoms with Gasteiger partial charge in [-0.05, 0) is 41.5 Å². The second-order valence-corrected chi connectivity index (χ2v) is 25.9. The van der Waals surface area contributed by atoms with E-state index in [0.717, 1.165) is 20.7 Å². The van der Waals surface area contributed by atoms with Crippen LogP contribution in [0.1, 0.15) is 0 Å². The fourth-order valence-corrected chi connectivity index (χ4v) is 25.4. The van der Waals surface area contributed by atoms with Crippen molar-refractivity contribution in [2.45, 2.75) is 0 Å². The lowest BCUT2D eigenvalue weighted by Crippen LogP contribution is -2.82. The number of benzene rings is 8. The topological polar surface area (TPSA) is 68.2 Å². The molecule has 2 N–H and O–H groups in total. The Morgan fingerprint density at radius 2 is 0.368 bits per heavy atom. The van der Waals surface area contributed by atoms with Gasteiger partial charge in [0.05, 0.1) is 0 Å². The predicted molar refractivity (Wildman–Crippen MR) is 239 cm³/mol. The van der Waals surface area contributed by atoms with Crippen LogP contribution in [0.5, 0.6) is 0 Å². The average molecular weight is 811 g/mol. The molecule has 8 aromatic carbocycles. The van der Waals surface area contributed by atoms with Crippen LogP contribution < -0.4 is 41.5 Å². The maximum absolute atomic E-state index is 13.5. The van der Waals surface area contributed by atoms with E-state index in [9.17, 15) is 9.59 Å². The molecule has 280 valence electrons. The van der Waals surface area contributed by atoms with Crippen LogP contribution in [0.15, 0.2) is 243 Å². The van der Waals surface area contributed by atoms with Gasteiger partial charge in [-0.2, -0.15) is 0 Å². The molecule has 5 nitrogen and oxygen atoms in total. The van der Waals surface area contributed by atoms with Gasteiger partial charge in [0, 0.05) is 0 Å². The van der Waals surface area contributed by atoms with E-state index < -0.39 is 34.2 Å². The molecule has 0 saturated carbocycles. The van der Waals surface area contributed by atoms with Crippen LogP contribution in [-0.4, -0.2) is 43.8 Å². The molecule has 0 saturated heterocycles. The van der Waals surface area contributed by atoms with Gasteiger partial charge in [0.1, 0.15) is 0 Å². The Morgan fingerprint density at radius 1 is 0.211 bits per heavy atom. The first-order valence-corrected chi connectivity index (χ1v) is 26.3. The zero-order valence-electron chi connectivity index (χ0n) is 31.2. The third-order valence-electron chi connectivity index (χ3n) is 10.1. The SMILES string of the molecule is O[Si](O[Si](O[Si](O[Si](O)(c1ccccc1)c1ccccc1)(c1ccccc1)c1ccccc1)(c1ccccc1)c1ccccc1)(c1ccccc1)c1ccccc1. The minimum absolute atomic E-state index is 0.676. The number of hydrogen-bond donors (Lipinski definition) is 2. The van der Waals surface area contributed by atoms with Gasteiger partial charge in [0.15, 0.2) is 0 Å². The van der Waals surface area contributed by atoms with E-state index in [1.54, 1.807) is 0 Å². The highest BCUT2D eigenvalue weighted by molar-refractivity contribution is 7.11. The Morgan fingerprint density at radius 3 is 0.544 bits per heavy atom. The minimum atomic E-state index is -4.19. The van der Waals surface area contributed by atoms with Gasteiger partial charge < -0.3 is 21.9 Å². The van der Waals surface area contributed by atoms with E-state index in [2.05, 4.69) is 0 Å². The van der Waals surface area contributed by atoms with Crippen molar-refractivity contribution in [1.82, 2.24) is 0 Å². The third-order valence-corrected chi connectivity index (χ3v) is 25.9. The van der Waals surface area contributed by atoms with E-state index in [1.807, 2.05) is 243 Å². The van der Waals surface area contributed by atoms with E-state index >= 15 is 0 Å². The fraction of sp³-hybridized carbons (Fsp3) is 0. The van der Waals surface area contributed by atoms with Gasteiger partial charge in [0.25, 0.3) is 0 Å². The summed E-state index contributed by atoms with van der Waals surface area (Å²) in [5.74, 6) is 0. The molecule has 0 heterocycles. The monoisotopic (exact) mass is 810 g/mol. The summed E-state index contributed by atoms with van der Waals surface area (Å²) in [6.45, 7) is 0. The molecule has 0 aromatic heterocycles. The molecule has 8 aromatic rings. The van der Waals surface area contributed by atoms with Crippen molar-refractivity contribution >= 4 is 75.7 Å². The first-order valence-electron chi connectivity index (χ1n) is 19.0. The van der Waals surface area contributed by atoms with Crippen molar-refractivity contribution < 1.29 is 21.9 Å². The molecule has 8 rings (SSSR count). The fourth-order valence-electron chi connectivity index (χ4n) is 7.32. The zero-order valence-corrected chi connectivity index (χ0v) is 35.2. The lowest BCUT2D eigenvalue weighted by molar-refractivity contribution is 0.306. The van der Waals surface area contributed by atoms with Gasteiger partial charge in [-0.15, -0.1) is 0 Å². The Bertz CT molecular complexity index is 2120. The van der Waals surface area contributed by atoms with Crippen LogP contribution in [0.2, 0.25) is 0 Å². The maximum Gasteiger partial charge on any atom is 0.396 e. The summed E-state index contributed by atoms with van der Waals surface area (Å²) in [5.41, 5.74) is 0. The second-order valence-electron chi connectivity index (χ2n) is 13.8. The first kappa shape index (κ1) is 38.3. The van der Waals surface area contributed by atoms with E-state index in [1.165, 1.54) is 0 Å². The normalized spacial score (nSPS) is 12.2. The second kappa shape index (κ2) is 16.9. The van der Waals surface area contributed by atoms with E-state index in [0.29, 0.717) is 20.7 Å². The van der Waals surface area contributed by atoms with Gasteiger partial charge in [0.2, 0.25) is 0 Å². The largest absolute Gasteiger partial charge is 0.404 e. The molecule has 0 aliphatic heterocycles. The van der Waals surface area contributed by atoms with Gasteiger partial charge in [-0.1, -0.05) is 243 Å². The number of rotatable bonds is 14. The summed E-state index contributed by atoms with van der Waals surface area (Å²) in [6.07, 6.45) is 0. The summed E-state index contributed by atoms with van der Waals surface area (Å²) >= 11 is 0. The molecule has 0 amide bonds. The molecule has 0 bridgehead atoms. The molecule has 0 aliphatic carbocycles. The standard InChI is InChI=1S/C48H42O5Si4/c49-54(41-25-9-1-10-26-41,42-27-11-2-12-28-42)51-56(45-33-17-5-18-34-45,46-35-19-6-20-36-46)53-57(47-37-21-7-22-38-47,48-39-23-8-24-40-48)52-55(50,43-29-13-3-14-30-43)44-31-15-4-16-32-44/h1-40,49-50H. The van der Waals surface area contributed by atoms with Crippen LogP contribution in [0.4, 0.5) is 0 Å². The quantitative estimate of drug-likeness (QED) is 0.163. The first-order chi connectivity index (χ1) is 28.0. The summed E-state index contributed by atoms with van der Waals surface area (Å²) in [5, 5.41) is 5.84. The third kappa shape index (κ3) is 7.64. The van der Waals surface area contributed by atoms with Crippen molar-refractivity contribution in [3.05, 3.63) is 243 Å². The minimum Gasteiger partial charge on any atom is -0.404 e. The molecule has 57 heavy (non-hydrogen) atoms. The van der Waals surface area contributed by atoms with Crippen molar-refractivity contribution in [2.24, 2.45) is 0 Å². The van der Waals surface area contributed by atoms with Crippen LogP contribution >= 0.6 is 0 Å². The molecular weight excluding hydrogens is 769 g/mol. The molecule has 0 unspecified atom stereocenters. The molecular formula is C48H42O5Si4. The molecule has 0 spiro atoms. The molecule has 0 radical (unpaired) electrons.